The van der Waals surface area contributed by atoms with Crippen LogP contribution in [0.1, 0.15) is 44.7 Å². The number of amides is 1. The molecule has 0 aliphatic heterocycles. The first-order chi connectivity index (χ1) is 15.3. The summed E-state index contributed by atoms with van der Waals surface area (Å²) in [5, 5.41) is 2.74. The molecule has 174 valence electrons. The van der Waals surface area contributed by atoms with Gasteiger partial charge in [-0.3, -0.25) is 0 Å². The van der Waals surface area contributed by atoms with Crippen molar-refractivity contribution in [2.75, 3.05) is 19.8 Å². The normalized spacial score (nSPS) is 11.7. The van der Waals surface area contributed by atoms with Crippen LogP contribution in [-0.4, -0.2) is 37.7 Å². The summed E-state index contributed by atoms with van der Waals surface area (Å²) in [7, 11) is 0. The summed E-state index contributed by atoms with van der Waals surface area (Å²) < 4.78 is 16.9. The third kappa shape index (κ3) is 10.1. The Hall–Kier alpha value is -2.70. The Balaban J connectivity index is 1.90. The standard InChI is InChI=1S/C26H35NO5/c1-25(2,3)32-24(29)27-20-26(21-28,14-16-30-18-22-10-6-4-7-11-22)15-17-31-19-23-12-8-5-9-13-23/h4-13,21H,14-20H2,1-3H3,(H,27,29). The maximum Gasteiger partial charge on any atom is 0.407 e. The summed E-state index contributed by atoms with van der Waals surface area (Å²) in [6.45, 7) is 7.29. The quantitative estimate of drug-likeness (QED) is 0.353. The van der Waals surface area contributed by atoms with Crippen molar-refractivity contribution in [3.63, 3.8) is 0 Å². The number of carbonyl (C=O) groups excluding carboxylic acids is 2. The van der Waals surface area contributed by atoms with Gasteiger partial charge in [0.05, 0.1) is 13.2 Å². The van der Waals surface area contributed by atoms with E-state index in [2.05, 4.69) is 5.32 Å². The van der Waals surface area contributed by atoms with Crippen LogP contribution in [0.4, 0.5) is 4.79 Å². The summed E-state index contributed by atoms with van der Waals surface area (Å²) in [5.74, 6) is 0. The van der Waals surface area contributed by atoms with Crippen molar-refractivity contribution in [3.05, 3.63) is 71.8 Å². The van der Waals surface area contributed by atoms with Gasteiger partial charge in [0.15, 0.2) is 0 Å². The maximum atomic E-state index is 12.1. The van der Waals surface area contributed by atoms with Crippen molar-refractivity contribution in [2.45, 2.75) is 52.4 Å². The summed E-state index contributed by atoms with van der Waals surface area (Å²) in [5.41, 5.74) is 0.736. The molecule has 0 saturated carbocycles. The molecule has 2 rings (SSSR count). The van der Waals surface area contributed by atoms with Crippen LogP contribution in [0, 0.1) is 5.41 Å². The first-order valence-electron chi connectivity index (χ1n) is 11.0. The van der Waals surface area contributed by atoms with Crippen LogP contribution in [0.3, 0.4) is 0 Å². The highest BCUT2D eigenvalue weighted by Gasteiger charge is 2.31. The van der Waals surface area contributed by atoms with E-state index in [0.717, 1.165) is 17.4 Å². The van der Waals surface area contributed by atoms with Crippen LogP contribution in [0.5, 0.6) is 0 Å². The van der Waals surface area contributed by atoms with Crippen LogP contribution < -0.4 is 5.32 Å². The Labute approximate surface area is 191 Å². The summed E-state index contributed by atoms with van der Waals surface area (Å²) >= 11 is 0. The molecule has 0 heterocycles. The van der Waals surface area contributed by atoms with Gasteiger partial charge in [0.25, 0.3) is 0 Å². The highest BCUT2D eigenvalue weighted by atomic mass is 16.6. The molecule has 2 aromatic carbocycles. The molecule has 6 nitrogen and oxygen atoms in total. The fraction of sp³-hybridized carbons (Fsp3) is 0.462. The first kappa shape index (κ1) is 25.6. The van der Waals surface area contributed by atoms with Crippen molar-refractivity contribution in [1.29, 1.82) is 0 Å². The molecule has 0 fully saturated rings. The molecule has 0 spiro atoms. The minimum atomic E-state index is -0.801. The third-order valence-electron chi connectivity index (χ3n) is 4.95. The van der Waals surface area contributed by atoms with E-state index in [1.54, 1.807) is 20.8 Å². The lowest BCUT2D eigenvalue weighted by Gasteiger charge is -2.29. The van der Waals surface area contributed by atoms with Gasteiger partial charge in [0.1, 0.15) is 11.9 Å². The molecule has 0 unspecified atom stereocenters. The van der Waals surface area contributed by atoms with Crippen LogP contribution in [-0.2, 0) is 32.2 Å². The molecule has 32 heavy (non-hydrogen) atoms. The second kappa shape index (κ2) is 13.0. The minimum Gasteiger partial charge on any atom is -0.444 e. The lowest BCUT2D eigenvalue weighted by Crippen LogP contribution is -2.42. The number of carbonyl (C=O) groups is 2. The monoisotopic (exact) mass is 441 g/mol. The van der Waals surface area contributed by atoms with Gasteiger partial charge in [0.2, 0.25) is 0 Å². The third-order valence-corrected chi connectivity index (χ3v) is 4.95. The Kier molecular flexibility index (Phi) is 10.4. The number of alkyl carbamates (subject to hydrolysis) is 1. The number of aldehydes is 1. The second-order valence-electron chi connectivity index (χ2n) is 8.91. The average molecular weight is 442 g/mol. The van der Waals surface area contributed by atoms with Crippen LogP contribution in [0.15, 0.2) is 60.7 Å². The second-order valence-corrected chi connectivity index (χ2v) is 8.91. The summed E-state index contributed by atoms with van der Waals surface area (Å²) in [4.78, 5) is 24.3. The summed E-state index contributed by atoms with van der Waals surface area (Å²) in [6.07, 6.45) is 1.29. The smallest absolute Gasteiger partial charge is 0.407 e. The number of rotatable bonds is 13. The topological polar surface area (TPSA) is 73.9 Å². The van der Waals surface area contributed by atoms with Crippen molar-refractivity contribution < 1.29 is 23.8 Å². The molecule has 0 aliphatic rings. The average Bonchev–Trinajstić information content (AvgIpc) is 2.78. The highest BCUT2D eigenvalue weighted by Crippen LogP contribution is 2.24. The van der Waals surface area contributed by atoms with Gasteiger partial charge in [-0.2, -0.15) is 0 Å². The van der Waals surface area contributed by atoms with Gasteiger partial charge in [0, 0.05) is 25.2 Å². The maximum absolute atomic E-state index is 12.1. The summed E-state index contributed by atoms with van der Waals surface area (Å²) in [6, 6.07) is 19.7. The van der Waals surface area contributed by atoms with Crippen molar-refractivity contribution in [3.8, 4) is 0 Å². The van der Waals surface area contributed by atoms with E-state index in [1.807, 2.05) is 60.7 Å². The van der Waals surface area contributed by atoms with Crippen molar-refractivity contribution >= 4 is 12.4 Å². The van der Waals surface area contributed by atoms with Crippen LogP contribution in [0.2, 0.25) is 0 Å². The number of nitrogens with one attached hydrogen (secondary N) is 1. The van der Waals surface area contributed by atoms with Gasteiger partial charge in [-0.25, -0.2) is 4.79 Å². The Morgan fingerprint density at radius 3 is 1.72 bits per heavy atom. The van der Waals surface area contributed by atoms with E-state index in [1.165, 1.54) is 0 Å². The molecule has 0 radical (unpaired) electrons. The van der Waals surface area contributed by atoms with Gasteiger partial charge in [-0.1, -0.05) is 60.7 Å². The number of hydrogen-bond acceptors (Lipinski definition) is 5. The van der Waals surface area contributed by atoms with E-state index >= 15 is 0 Å². The van der Waals surface area contributed by atoms with E-state index in [-0.39, 0.29) is 6.54 Å². The number of ether oxygens (including phenoxy) is 3. The van der Waals surface area contributed by atoms with Crippen LogP contribution in [0.25, 0.3) is 0 Å². The van der Waals surface area contributed by atoms with Gasteiger partial charge >= 0.3 is 6.09 Å². The zero-order valence-corrected chi connectivity index (χ0v) is 19.3. The lowest BCUT2D eigenvalue weighted by atomic mass is 9.83. The largest absolute Gasteiger partial charge is 0.444 e. The molecule has 0 aromatic heterocycles. The van der Waals surface area contributed by atoms with E-state index in [9.17, 15) is 9.59 Å². The van der Waals surface area contributed by atoms with Gasteiger partial charge < -0.3 is 24.3 Å². The molecule has 1 N–H and O–H groups in total. The predicted octanol–water partition coefficient (Wildman–Crippen LogP) is 4.91. The lowest BCUT2D eigenvalue weighted by molar-refractivity contribution is -0.118. The SMILES string of the molecule is CC(C)(C)OC(=O)NCC(C=O)(CCOCc1ccccc1)CCOCc1ccccc1. The van der Waals surface area contributed by atoms with Crippen LogP contribution >= 0.6 is 0 Å². The molecular formula is C26H35NO5. The molecule has 6 heteroatoms. The Bertz CT molecular complexity index is 754. The Morgan fingerprint density at radius 2 is 1.31 bits per heavy atom. The number of hydrogen-bond donors (Lipinski definition) is 1. The number of benzene rings is 2. The zero-order valence-electron chi connectivity index (χ0n) is 19.3. The van der Waals surface area contributed by atoms with E-state index in [0.29, 0.717) is 39.3 Å². The molecule has 0 aliphatic carbocycles. The molecule has 0 saturated heterocycles. The fourth-order valence-corrected chi connectivity index (χ4v) is 3.10. The molecule has 1 amide bonds. The fourth-order valence-electron chi connectivity index (χ4n) is 3.10. The van der Waals surface area contributed by atoms with E-state index in [4.69, 9.17) is 14.2 Å². The predicted molar refractivity (Wildman–Crippen MR) is 124 cm³/mol. The van der Waals surface area contributed by atoms with E-state index < -0.39 is 17.1 Å². The first-order valence-corrected chi connectivity index (χ1v) is 11.0. The van der Waals surface area contributed by atoms with Gasteiger partial charge in [-0.05, 0) is 44.7 Å². The molecule has 0 bridgehead atoms. The van der Waals surface area contributed by atoms with Crippen molar-refractivity contribution in [1.82, 2.24) is 5.32 Å². The van der Waals surface area contributed by atoms with Crippen molar-refractivity contribution in [2.24, 2.45) is 5.41 Å². The molecule has 0 atom stereocenters. The van der Waals surface area contributed by atoms with Gasteiger partial charge in [-0.15, -0.1) is 0 Å². The molecular weight excluding hydrogens is 406 g/mol. The molecule has 2 aromatic rings. The zero-order chi connectivity index (χ0) is 23.3. The Morgan fingerprint density at radius 1 is 0.844 bits per heavy atom. The highest BCUT2D eigenvalue weighted by molar-refractivity contribution is 5.69. The minimum absolute atomic E-state index is 0.162.